The van der Waals surface area contributed by atoms with E-state index in [1.165, 1.54) is 0 Å². The molecule has 8 nitrogen and oxygen atoms in total. The summed E-state index contributed by atoms with van der Waals surface area (Å²) in [6.07, 6.45) is 52.8. The van der Waals surface area contributed by atoms with Crippen molar-refractivity contribution in [3.63, 3.8) is 0 Å². The van der Waals surface area contributed by atoms with Gasteiger partial charge in [0.05, 0.1) is 39.9 Å². The molecule has 9 heteroatoms. The number of carbonyl (C=O) groups excluding carboxylic acids is 1. The van der Waals surface area contributed by atoms with E-state index in [-0.39, 0.29) is 18.9 Å². The highest BCUT2D eigenvalue weighted by Crippen LogP contribution is 2.38. The molecule has 0 aliphatic heterocycles. The number of aliphatic hydroxyl groups excluding tert-OH is 1. The molecule has 0 radical (unpaired) electrons. The van der Waals surface area contributed by atoms with Gasteiger partial charge in [-0.3, -0.25) is 9.36 Å². The van der Waals surface area contributed by atoms with Crippen molar-refractivity contribution < 1.29 is 32.9 Å². The Morgan fingerprint density at radius 1 is 0.685 bits per heavy atom. The molecule has 3 unspecified atom stereocenters. The van der Waals surface area contributed by atoms with Crippen LogP contribution in [0.25, 0.3) is 0 Å². The highest BCUT2D eigenvalue weighted by Gasteiger charge is 2.23. The van der Waals surface area contributed by atoms with Crippen LogP contribution >= 0.6 is 7.82 Å². The average molecular weight is 769 g/mol. The lowest BCUT2D eigenvalue weighted by molar-refractivity contribution is -0.870. The Morgan fingerprint density at radius 2 is 1.13 bits per heavy atom. The number of phosphoric acid groups is 1. The molecule has 0 spiro atoms. The summed E-state index contributed by atoms with van der Waals surface area (Å²) in [7, 11) is 1.17. The minimum absolute atomic E-state index is 0.0282. The Hall–Kier alpha value is -3.10. The lowest BCUT2D eigenvalue weighted by atomic mass is 10.1. The molecule has 0 aromatic heterocycles. The van der Waals surface area contributed by atoms with Gasteiger partial charge < -0.3 is 28.8 Å². The van der Waals surface area contributed by atoms with Gasteiger partial charge in [0.2, 0.25) is 5.91 Å². The van der Waals surface area contributed by atoms with Crippen LogP contribution in [-0.2, 0) is 18.4 Å². The van der Waals surface area contributed by atoms with Gasteiger partial charge in [-0.25, -0.2) is 0 Å². The number of quaternary nitrogens is 1. The number of amides is 1. The van der Waals surface area contributed by atoms with Crippen molar-refractivity contribution in [2.45, 2.75) is 116 Å². The van der Waals surface area contributed by atoms with Crippen molar-refractivity contribution in [1.29, 1.82) is 0 Å². The van der Waals surface area contributed by atoms with Crippen LogP contribution in [0.2, 0.25) is 0 Å². The van der Waals surface area contributed by atoms with Gasteiger partial charge in [0.1, 0.15) is 13.2 Å². The summed E-state index contributed by atoms with van der Waals surface area (Å²) in [4.78, 5) is 25.1. The van der Waals surface area contributed by atoms with E-state index in [4.69, 9.17) is 9.05 Å². The second-order valence-electron chi connectivity index (χ2n) is 13.9. The first kappa shape index (κ1) is 50.9. The van der Waals surface area contributed by atoms with Gasteiger partial charge in [-0.1, -0.05) is 128 Å². The molecule has 304 valence electrons. The minimum atomic E-state index is -4.62. The van der Waals surface area contributed by atoms with Gasteiger partial charge >= 0.3 is 0 Å². The van der Waals surface area contributed by atoms with Crippen molar-refractivity contribution in [2.24, 2.45) is 0 Å². The second-order valence-corrected chi connectivity index (χ2v) is 15.3. The van der Waals surface area contributed by atoms with Crippen LogP contribution < -0.4 is 10.2 Å². The van der Waals surface area contributed by atoms with Crippen molar-refractivity contribution in [3.05, 3.63) is 122 Å². The third-order valence-electron chi connectivity index (χ3n) is 7.73. The number of aliphatic hydroxyl groups is 1. The molecular formula is C45H73N2O6P. The van der Waals surface area contributed by atoms with E-state index in [2.05, 4.69) is 116 Å². The van der Waals surface area contributed by atoms with E-state index >= 15 is 0 Å². The molecule has 54 heavy (non-hydrogen) atoms. The first-order valence-corrected chi connectivity index (χ1v) is 21.3. The fourth-order valence-electron chi connectivity index (χ4n) is 4.59. The number of unbranched alkanes of at least 4 members (excludes halogenated alkanes) is 3. The molecule has 0 rings (SSSR count). The van der Waals surface area contributed by atoms with Crippen LogP contribution in [0.15, 0.2) is 122 Å². The van der Waals surface area contributed by atoms with Crippen molar-refractivity contribution in [1.82, 2.24) is 5.32 Å². The zero-order valence-corrected chi connectivity index (χ0v) is 35.0. The molecule has 0 heterocycles. The largest absolute Gasteiger partial charge is 0.756 e. The Labute approximate surface area is 329 Å². The summed E-state index contributed by atoms with van der Waals surface area (Å²) in [5, 5.41) is 13.6. The minimum Gasteiger partial charge on any atom is -0.756 e. The molecule has 1 amide bonds. The van der Waals surface area contributed by atoms with Gasteiger partial charge in [0.25, 0.3) is 7.82 Å². The molecule has 0 aliphatic rings. The normalized spacial score (nSPS) is 15.8. The molecule has 0 aromatic carbocycles. The number of nitrogens with zero attached hydrogens (tertiary/aromatic N) is 1. The van der Waals surface area contributed by atoms with Gasteiger partial charge in [-0.15, -0.1) is 0 Å². The molecule has 0 saturated carbocycles. The standard InChI is InChI=1S/C45H73N2O6P/c1-6-8-10-12-14-16-17-18-19-20-21-22-23-24-25-26-27-28-29-31-33-35-37-39-45(49)46-43(42-53-54(50,51)52-41-40-47(3,4)5)44(48)38-36-34-32-30-15-13-11-9-7-2/h7-10,14-16,18-19,21-22,24-25,27-28,30-31,33,36,38,43-44,48H,6,11-13,17,20,23,26,29,32,34-35,37,39-42H2,1-5H3,(H-,46,49,50,51)/b9-7+,10-8-,16-14-,19-18-,22-21-,25-24-,28-27-,30-15+,33-31-,38-36+. The Balaban J connectivity index is 4.55. The molecule has 0 bridgehead atoms. The lowest BCUT2D eigenvalue weighted by Crippen LogP contribution is -2.45. The lowest BCUT2D eigenvalue weighted by Gasteiger charge is -2.29. The van der Waals surface area contributed by atoms with Gasteiger partial charge in [-0.05, 0) is 90.4 Å². The number of phosphoric ester groups is 1. The maximum Gasteiger partial charge on any atom is 0.268 e. The van der Waals surface area contributed by atoms with Gasteiger partial charge in [-0.2, -0.15) is 0 Å². The Kier molecular flexibility index (Phi) is 33.5. The monoisotopic (exact) mass is 769 g/mol. The fourth-order valence-corrected chi connectivity index (χ4v) is 5.31. The smallest absolute Gasteiger partial charge is 0.268 e. The maximum atomic E-state index is 12.8. The van der Waals surface area contributed by atoms with Crippen LogP contribution in [0.1, 0.15) is 104 Å². The quantitative estimate of drug-likeness (QED) is 0.0298. The topological polar surface area (TPSA) is 108 Å². The van der Waals surface area contributed by atoms with Gasteiger partial charge in [0.15, 0.2) is 0 Å². The summed E-state index contributed by atoms with van der Waals surface area (Å²) < 4.78 is 23.0. The number of likely N-dealkylation sites (N-methyl/N-ethyl adjacent to an activating group) is 1. The summed E-state index contributed by atoms with van der Waals surface area (Å²) in [5.74, 6) is -0.280. The number of rotatable bonds is 33. The summed E-state index contributed by atoms with van der Waals surface area (Å²) in [6, 6.07) is -0.946. The first-order chi connectivity index (χ1) is 26.0. The molecule has 0 aliphatic carbocycles. The summed E-state index contributed by atoms with van der Waals surface area (Å²) in [6.45, 7) is 4.16. The van der Waals surface area contributed by atoms with Crippen molar-refractivity contribution in [2.75, 3.05) is 40.9 Å². The predicted molar refractivity (Wildman–Crippen MR) is 228 cm³/mol. The summed E-state index contributed by atoms with van der Waals surface area (Å²) >= 11 is 0. The number of carbonyl (C=O) groups is 1. The SMILES string of the molecule is C/C=C/CC/C=C/CC/C=C/C(O)C(COP(=O)([O-])OCC[N+](C)(C)C)NC(=O)CCC/C=C\C/C=C\C/C=C\C/C=C\C/C=C\C/C=C\C/C=C\CC. The Morgan fingerprint density at radius 3 is 1.61 bits per heavy atom. The fraction of sp³-hybridized carbons (Fsp3) is 0.533. The zero-order valence-electron chi connectivity index (χ0n) is 34.1. The van der Waals surface area contributed by atoms with Crippen molar-refractivity contribution in [3.8, 4) is 0 Å². The van der Waals surface area contributed by atoms with Crippen LogP contribution in [0.5, 0.6) is 0 Å². The van der Waals surface area contributed by atoms with E-state index in [1.54, 1.807) is 6.08 Å². The average Bonchev–Trinajstić information content (AvgIpc) is 3.12. The van der Waals surface area contributed by atoms with Crippen LogP contribution in [0.3, 0.4) is 0 Å². The molecule has 3 atom stereocenters. The zero-order chi connectivity index (χ0) is 40.0. The number of allylic oxidation sites excluding steroid dienone is 19. The van der Waals surface area contributed by atoms with Crippen LogP contribution in [0, 0.1) is 0 Å². The number of hydrogen-bond acceptors (Lipinski definition) is 6. The first-order valence-electron chi connectivity index (χ1n) is 19.9. The van der Waals surface area contributed by atoms with E-state index < -0.39 is 26.6 Å². The third-order valence-corrected chi connectivity index (χ3v) is 8.69. The molecule has 0 aromatic rings. The van der Waals surface area contributed by atoms with E-state index in [9.17, 15) is 19.4 Å². The van der Waals surface area contributed by atoms with Crippen molar-refractivity contribution >= 4 is 13.7 Å². The number of hydrogen-bond donors (Lipinski definition) is 2. The van der Waals surface area contributed by atoms with Crippen LogP contribution in [0.4, 0.5) is 0 Å². The highest BCUT2D eigenvalue weighted by atomic mass is 31.2. The molecular weight excluding hydrogens is 695 g/mol. The van der Waals surface area contributed by atoms with E-state index in [0.717, 1.165) is 70.6 Å². The highest BCUT2D eigenvalue weighted by molar-refractivity contribution is 7.45. The Bertz CT molecular complexity index is 1280. The molecule has 2 N–H and O–H groups in total. The van der Waals surface area contributed by atoms with Gasteiger partial charge in [0, 0.05) is 6.42 Å². The van der Waals surface area contributed by atoms with Crippen LogP contribution in [-0.4, -0.2) is 68.5 Å². The second kappa shape index (κ2) is 35.6. The predicted octanol–water partition coefficient (Wildman–Crippen LogP) is 10.1. The maximum absolute atomic E-state index is 12.8. The summed E-state index contributed by atoms with van der Waals surface area (Å²) in [5.41, 5.74) is 0. The molecule has 0 fully saturated rings. The van der Waals surface area contributed by atoms with E-state index in [1.807, 2.05) is 40.2 Å². The third kappa shape index (κ3) is 37.2. The molecule has 0 saturated heterocycles. The number of nitrogens with one attached hydrogen (secondary N) is 1. The van der Waals surface area contributed by atoms with E-state index in [0.29, 0.717) is 23.9 Å².